The summed E-state index contributed by atoms with van der Waals surface area (Å²) in [5.74, 6) is 0. The van der Waals surface area contributed by atoms with Gasteiger partial charge in [0.05, 0.1) is 6.61 Å². The summed E-state index contributed by atoms with van der Waals surface area (Å²) in [7, 11) is 0. The van der Waals surface area contributed by atoms with Crippen LogP contribution in [0.25, 0.3) is 0 Å². The van der Waals surface area contributed by atoms with Crippen molar-refractivity contribution in [2.45, 2.75) is 6.42 Å². The average Bonchev–Trinajstić information content (AvgIpc) is 2.03. The molecular weight excluding hydrogens is 133 g/mol. The van der Waals surface area contributed by atoms with E-state index in [1.54, 1.807) is 6.20 Å². The molecule has 54 valence electrons. The maximum absolute atomic E-state index is 11.2. The van der Waals surface area contributed by atoms with Gasteiger partial charge in [-0.15, -0.1) is 0 Å². The first-order valence-corrected chi connectivity index (χ1v) is 3.07. The number of aromatic nitrogens is 1. The van der Waals surface area contributed by atoms with E-state index in [0.717, 1.165) is 5.69 Å². The van der Waals surface area contributed by atoms with Crippen molar-refractivity contribution >= 4 is 0 Å². The summed E-state index contributed by atoms with van der Waals surface area (Å²) in [5.41, 5.74) is 0.847. The molecule has 1 aromatic rings. The highest BCUT2D eigenvalue weighted by molar-refractivity contribution is 5.03. The standard InChI is InChI=1S/C7H8FNO/c8-10-6-4-7-3-1-2-5-9-7/h1-3,5H,4,6H2. The van der Waals surface area contributed by atoms with Crippen molar-refractivity contribution in [1.82, 2.24) is 4.98 Å². The van der Waals surface area contributed by atoms with Crippen molar-refractivity contribution in [3.63, 3.8) is 0 Å². The molecule has 0 fully saturated rings. The highest BCUT2D eigenvalue weighted by atomic mass is 19.3. The van der Waals surface area contributed by atoms with Gasteiger partial charge in [0.2, 0.25) is 0 Å². The summed E-state index contributed by atoms with van der Waals surface area (Å²) in [6.45, 7) is 0.0804. The van der Waals surface area contributed by atoms with Gasteiger partial charge in [-0.2, -0.15) is 4.94 Å². The third kappa shape index (κ3) is 2.11. The highest BCUT2D eigenvalue weighted by Gasteiger charge is 1.91. The fraction of sp³-hybridized carbons (Fsp3) is 0.286. The molecule has 0 aliphatic carbocycles. The van der Waals surface area contributed by atoms with E-state index in [-0.39, 0.29) is 6.61 Å². The van der Waals surface area contributed by atoms with Gasteiger partial charge in [-0.3, -0.25) is 4.98 Å². The van der Waals surface area contributed by atoms with Crippen LogP contribution >= 0.6 is 0 Å². The summed E-state index contributed by atoms with van der Waals surface area (Å²) < 4.78 is 11.2. The lowest BCUT2D eigenvalue weighted by Gasteiger charge is -1.93. The van der Waals surface area contributed by atoms with Gasteiger partial charge >= 0.3 is 0 Å². The van der Waals surface area contributed by atoms with Crippen LogP contribution in [0.5, 0.6) is 0 Å². The molecule has 0 atom stereocenters. The molecule has 0 saturated heterocycles. The van der Waals surface area contributed by atoms with Crippen molar-refractivity contribution in [3.8, 4) is 0 Å². The van der Waals surface area contributed by atoms with Gasteiger partial charge in [0.15, 0.2) is 0 Å². The average molecular weight is 141 g/mol. The number of nitrogens with zero attached hydrogens (tertiary/aromatic N) is 1. The van der Waals surface area contributed by atoms with Crippen molar-refractivity contribution in [2.75, 3.05) is 6.61 Å². The van der Waals surface area contributed by atoms with Crippen molar-refractivity contribution in [3.05, 3.63) is 30.1 Å². The van der Waals surface area contributed by atoms with Crippen LogP contribution < -0.4 is 0 Å². The monoisotopic (exact) mass is 141 g/mol. The number of halogens is 1. The van der Waals surface area contributed by atoms with Crippen LogP contribution in [0.3, 0.4) is 0 Å². The predicted molar refractivity (Wildman–Crippen MR) is 35.0 cm³/mol. The number of hydrogen-bond acceptors (Lipinski definition) is 2. The quantitative estimate of drug-likeness (QED) is 0.636. The van der Waals surface area contributed by atoms with E-state index in [1.807, 2.05) is 18.2 Å². The zero-order valence-corrected chi connectivity index (χ0v) is 5.46. The number of hydrogen-bond donors (Lipinski definition) is 0. The molecule has 0 radical (unpaired) electrons. The zero-order chi connectivity index (χ0) is 7.23. The SMILES string of the molecule is FOCCc1ccccn1. The Morgan fingerprint density at radius 2 is 2.40 bits per heavy atom. The molecule has 0 aliphatic heterocycles. The first kappa shape index (κ1) is 7.15. The summed E-state index contributed by atoms with van der Waals surface area (Å²) in [5, 5.41) is 0. The topological polar surface area (TPSA) is 22.1 Å². The Hall–Kier alpha value is -0.960. The minimum Gasteiger partial charge on any atom is -0.261 e. The molecule has 0 amide bonds. The first-order valence-electron chi connectivity index (χ1n) is 3.07. The Bertz CT molecular complexity index is 178. The van der Waals surface area contributed by atoms with E-state index in [2.05, 4.69) is 9.93 Å². The van der Waals surface area contributed by atoms with Crippen molar-refractivity contribution in [1.29, 1.82) is 0 Å². The fourth-order valence-electron chi connectivity index (χ4n) is 0.689. The second-order valence-electron chi connectivity index (χ2n) is 1.88. The molecule has 0 aliphatic rings. The second-order valence-corrected chi connectivity index (χ2v) is 1.88. The molecule has 1 rings (SSSR count). The van der Waals surface area contributed by atoms with E-state index in [1.165, 1.54) is 0 Å². The molecular formula is C7H8FNO. The molecule has 0 saturated carbocycles. The molecule has 2 nitrogen and oxygen atoms in total. The lowest BCUT2D eigenvalue weighted by molar-refractivity contribution is -0.130. The Morgan fingerprint density at radius 3 is 3.00 bits per heavy atom. The smallest absolute Gasteiger partial charge is 0.0931 e. The van der Waals surface area contributed by atoms with Gasteiger partial charge in [-0.1, -0.05) is 6.07 Å². The van der Waals surface area contributed by atoms with Gasteiger partial charge in [0.25, 0.3) is 0 Å². The van der Waals surface area contributed by atoms with Crippen LogP contribution in [0.2, 0.25) is 0 Å². The third-order valence-corrected chi connectivity index (χ3v) is 1.16. The van der Waals surface area contributed by atoms with Crippen LogP contribution in [0.4, 0.5) is 4.53 Å². The normalized spacial score (nSPS) is 9.70. The third-order valence-electron chi connectivity index (χ3n) is 1.16. The van der Waals surface area contributed by atoms with Crippen LogP contribution in [-0.2, 0) is 11.4 Å². The molecule has 0 unspecified atom stereocenters. The first-order chi connectivity index (χ1) is 4.93. The summed E-state index contributed by atoms with van der Waals surface area (Å²) >= 11 is 0. The molecule has 0 bridgehead atoms. The van der Waals surface area contributed by atoms with Crippen molar-refractivity contribution < 1.29 is 9.47 Å². The van der Waals surface area contributed by atoms with Gasteiger partial charge in [-0.25, -0.2) is 0 Å². The summed E-state index contributed by atoms with van der Waals surface area (Å²) in [6.07, 6.45) is 2.20. The Balaban J connectivity index is 2.43. The molecule has 10 heavy (non-hydrogen) atoms. The molecule has 3 heteroatoms. The number of rotatable bonds is 3. The van der Waals surface area contributed by atoms with E-state index < -0.39 is 0 Å². The second kappa shape index (κ2) is 3.95. The lowest BCUT2D eigenvalue weighted by atomic mass is 10.3. The minimum absolute atomic E-state index is 0.0804. The van der Waals surface area contributed by atoms with Crippen LogP contribution in [0.15, 0.2) is 24.4 Å². The van der Waals surface area contributed by atoms with E-state index in [9.17, 15) is 4.53 Å². The maximum atomic E-state index is 11.2. The highest BCUT2D eigenvalue weighted by Crippen LogP contribution is 1.94. The van der Waals surface area contributed by atoms with Crippen LogP contribution in [0.1, 0.15) is 5.69 Å². The molecule has 1 heterocycles. The molecule has 0 aromatic carbocycles. The maximum Gasteiger partial charge on any atom is 0.0931 e. The van der Waals surface area contributed by atoms with Crippen molar-refractivity contribution in [2.24, 2.45) is 0 Å². The van der Waals surface area contributed by atoms with E-state index in [4.69, 9.17) is 0 Å². The fourth-order valence-corrected chi connectivity index (χ4v) is 0.689. The Labute approximate surface area is 58.6 Å². The van der Waals surface area contributed by atoms with Gasteiger partial charge < -0.3 is 0 Å². The molecule has 1 aromatic heterocycles. The van der Waals surface area contributed by atoms with Gasteiger partial charge in [0.1, 0.15) is 0 Å². The lowest BCUT2D eigenvalue weighted by Crippen LogP contribution is -1.93. The van der Waals surface area contributed by atoms with Crippen LogP contribution in [0, 0.1) is 0 Å². The summed E-state index contributed by atoms with van der Waals surface area (Å²) in [6, 6.07) is 5.51. The predicted octanol–water partition coefficient (Wildman–Crippen LogP) is 1.53. The van der Waals surface area contributed by atoms with E-state index in [0.29, 0.717) is 6.42 Å². The van der Waals surface area contributed by atoms with Gasteiger partial charge in [-0.05, 0) is 16.7 Å². The van der Waals surface area contributed by atoms with E-state index >= 15 is 0 Å². The molecule has 0 spiro atoms. The molecule has 0 N–H and O–H groups in total. The number of pyridine rings is 1. The Morgan fingerprint density at radius 1 is 1.50 bits per heavy atom. The van der Waals surface area contributed by atoms with Gasteiger partial charge in [0, 0.05) is 18.3 Å². The zero-order valence-electron chi connectivity index (χ0n) is 5.46. The largest absolute Gasteiger partial charge is 0.261 e. The Kier molecular flexibility index (Phi) is 2.83. The van der Waals surface area contributed by atoms with Crippen LogP contribution in [-0.4, -0.2) is 11.6 Å². The summed E-state index contributed by atoms with van der Waals surface area (Å²) in [4.78, 5) is 7.38. The minimum atomic E-state index is 0.0804.